The van der Waals surface area contributed by atoms with Gasteiger partial charge in [-0.2, -0.15) is 0 Å². The molecule has 0 spiro atoms. The third-order valence-electron chi connectivity index (χ3n) is 2.74. The summed E-state index contributed by atoms with van der Waals surface area (Å²) in [6.45, 7) is 1.99. The van der Waals surface area contributed by atoms with Crippen molar-refractivity contribution in [2.24, 2.45) is 0 Å². The lowest BCUT2D eigenvalue weighted by atomic mass is 10.0. The summed E-state index contributed by atoms with van der Waals surface area (Å²) in [5.41, 5.74) is 1.26. The van der Waals surface area contributed by atoms with Gasteiger partial charge in [0.25, 0.3) is 0 Å². The summed E-state index contributed by atoms with van der Waals surface area (Å²) >= 11 is 1.37. The molecular formula is C14H13FO2S. The lowest BCUT2D eigenvalue weighted by Gasteiger charge is -2.07. The Morgan fingerprint density at radius 1 is 1.39 bits per heavy atom. The number of ketones is 1. The minimum absolute atomic E-state index is 0.182. The van der Waals surface area contributed by atoms with Crippen molar-refractivity contribution in [1.29, 1.82) is 0 Å². The van der Waals surface area contributed by atoms with Gasteiger partial charge in [0.05, 0.1) is 17.6 Å². The molecule has 0 aliphatic carbocycles. The first-order valence-corrected chi connectivity index (χ1v) is 6.50. The SMILES string of the molecule is CCc1ccsc1C(=O)c1cc(F)ccc1OC. The summed E-state index contributed by atoms with van der Waals surface area (Å²) in [6.07, 6.45) is 0.780. The predicted octanol–water partition coefficient (Wildman–Crippen LogP) is 3.69. The second-order valence-electron chi connectivity index (χ2n) is 3.80. The molecule has 0 amide bonds. The highest BCUT2D eigenvalue weighted by Crippen LogP contribution is 2.27. The van der Waals surface area contributed by atoms with Crippen molar-refractivity contribution < 1.29 is 13.9 Å². The number of hydrogen-bond acceptors (Lipinski definition) is 3. The third kappa shape index (κ3) is 2.29. The largest absolute Gasteiger partial charge is 0.496 e. The highest BCUT2D eigenvalue weighted by Gasteiger charge is 2.19. The van der Waals surface area contributed by atoms with Gasteiger partial charge in [0.1, 0.15) is 11.6 Å². The van der Waals surface area contributed by atoms with E-state index in [1.54, 1.807) is 0 Å². The van der Waals surface area contributed by atoms with E-state index in [-0.39, 0.29) is 11.3 Å². The molecule has 0 atom stereocenters. The van der Waals surface area contributed by atoms with E-state index < -0.39 is 5.82 Å². The van der Waals surface area contributed by atoms with Crippen LogP contribution >= 0.6 is 11.3 Å². The molecule has 2 rings (SSSR count). The summed E-state index contributed by atoms with van der Waals surface area (Å²) in [6, 6.07) is 5.90. The zero-order valence-electron chi connectivity index (χ0n) is 10.2. The van der Waals surface area contributed by atoms with Crippen LogP contribution in [-0.2, 0) is 6.42 Å². The number of halogens is 1. The van der Waals surface area contributed by atoms with Gasteiger partial charge in [-0.05, 0) is 41.6 Å². The number of benzene rings is 1. The Bertz CT molecular complexity index is 575. The lowest BCUT2D eigenvalue weighted by Crippen LogP contribution is -2.05. The Morgan fingerprint density at radius 3 is 2.83 bits per heavy atom. The number of carbonyl (C=O) groups is 1. The van der Waals surface area contributed by atoms with Gasteiger partial charge in [-0.1, -0.05) is 6.92 Å². The van der Waals surface area contributed by atoms with Gasteiger partial charge >= 0.3 is 0 Å². The smallest absolute Gasteiger partial charge is 0.207 e. The molecule has 0 saturated heterocycles. The van der Waals surface area contributed by atoms with Crippen LogP contribution in [0.15, 0.2) is 29.6 Å². The van der Waals surface area contributed by atoms with E-state index >= 15 is 0 Å². The van der Waals surface area contributed by atoms with Crippen LogP contribution in [0.1, 0.15) is 27.7 Å². The van der Waals surface area contributed by atoms with Crippen molar-refractivity contribution in [3.05, 3.63) is 51.5 Å². The molecule has 0 unspecified atom stereocenters. The van der Waals surface area contributed by atoms with Crippen LogP contribution in [0.3, 0.4) is 0 Å². The van der Waals surface area contributed by atoms with Gasteiger partial charge in [0.2, 0.25) is 5.78 Å². The zero-order chi connectivity index (χ0) is 13.1. The van der Waals surface area contributed by atoms with Crippen LogP contribution in [-0.4, -0.2) is 12.9 Å². The first-order chi connectivity index (χ1) is 8.67. The topological polar surface area (TPSA) is 26.3 Å². The van der Waals surface area contributed by atoms with Crippen molar-refractivity contribution in [2.45, 2.75) is 13.3 Å². The summed E-state index contributed by atoms with van der Waals surface area (Å²) in [5, 5.41) is 1.87. The van der Waals surface area contributed by atoms with Gasteiger partial charge in [-0.15, -0.1) is 11.3 Å². The third-order valence-corrected chi connectivity index (χ3v) is 3.70. The van der Waals surface area contributed by atoms with Crippen LogP contribution in [0.2, 0.25) is 0 Å². The predicted molar refractivity (Wildman–Crippen MR) is 70.1 cm³/mol. The van der Waals surface area contributed by atoms with Crippen LogP contribution in [0.5, 0.6) is 5.75 Å². The van der Waals surface area contributed by atoms with Crippen LogP contribution in [0, 0.1) is 5.82 Å². The molecule has 2 aromatic rings. The Morgan fingerprint density at radius 2 is 2.17 bits per heavy atom. The van der Waals surface area contributed by atoms with E-state index in [0.29, 0.717) is 10.6 Å². The van der Waals surface area contributed by atoms with Gasteiger partial charge in [-0.3, -0.25) is 4.79 Å². The second kappa shape index (κ2) is 5.31. The number of methoxy groups -OCH3 is 1. The number of aryl methyl sites for hydroxylation is 1. The first-order valence-electron chi connectivity index (χ1n) is 5.62. The number of hydrogen-bond donors (Lipinski definition) is 0. The van der Waals surface area contributed by atoms with E-state index in [1.165, 1.54) is 36.6 Å². The molecule has 1 aromatic carbocycles. The normalized spacial score (nSPS) is 10.4. The molecule has 0 aliphatic heterocycles. The summed E-state index contributed by atoms with van der Waals surface area (Å²) < 4.78 is 18.4. The van der Waals surface area contributed by atoms with E-state index in [2.05, 4.69) is 0 Å². The monoisotopic (exact) mass is 264 g/mol. The van der Waals surface area contributed by atoms with E-state index in [9.17, 15) is 9.18 Å². The highest BCUT2D eigenvalue weighted by atomic mass is 32.1. The Labute approximate surface area is 109 Å². The van der Waals surface area contributed by atoms with Gasteiger partial charge in [0, 0.05) is 0 Å². The van der Waals surface area contributed by atoms with Crippen LogP contribution in [0.4, 0.5) is 4.39 Å². The fourth-order valence-corrected chi connectivity index (χ4v) is 2.74. The summed E-state index contributed by atoms with van der Waals surface area (Å²) in [5.74, 6) is -0.219. The second-order valence-corrected chi connectivity index (χ2v) is 4.72. The van der Waals surface area contributed by atoms with E-state index in [4.69, 9.17) is 4.74 Å². The maximum atomic E-state index is 13.3. The molecule has 94 valence electrons. The first kappa shape index (κ1) is 12.8. The Balaban J connectivity index is 2.48. The number of carbonyl (C=O) groups excluding carboxylic acids is 1. The minimum atomic E-state index is -0.436. The van der Waals surface area contributed by atoms with Gasteiger partial charge in [0.15, 0.2) is 0 Å². The van der Waals surface area contributed by atoms with Crippen molar-refractivity contribution in [3.8, 4) is 5.75 Å². The molecule has 1 aromatic heterocycles. The molecule has 0 bridgehead atoms. The minimum Gasteiger partial charge on any atom is -0.496 e. The number of ether oxygens (including phenoxy) is 1. The molecule has 4 heteroatoms. The van der Waals surface area contributed by atoms with Crippen molar-refractivity contribution in [1.82, 2.24) is 0 Å². The highest BCUT2D eigenvalue weighted by molar-refractivity contribution is 7.12. The summed E-state index contributed by atoms with van der Waals surface area (Å²) in [7, 11) is 1.47. The van der Waals surface area contributed by atoms with Crippen LogP contribution in [0.25, 0.3) is 0 Å². The average molecular weight is 264 g/mol. The molecule has 2 nitrogen and oxygen atoms in total. The Hall–Kier alpha value is -1.68. The maximum Gasteiger partial charge on any atom is 0.207 e. The van der Waals surface area contributed by atoms with Crippen molar-refractivity contribution >= 4 is 17.1 Å². The number of rotatable bonds is 4. The van der Waals surface area contributed by atoms with Crippen LogP contribution < -0.4 is 4.74 Å². The molecule has 1 heterocycles. The van der Waals surface area contributed by atoms with Gasteiger partial charge < -0.3 is 4.74 Å². The van der Waals surface area contributed by atoms with Crippen molar-refractivity contribution in [3.63, 3.8) is 0 Å². The van der Waals surface area contributed by atoms with E-state index in [1.807, 2.05) is 18.4 Å². The standard InChI is InChI=1S/C14H13FO2S/c1-3-9-6-7-18-14(9)13(16)11-8-10(15)4-5-12(11)17-2/h4-8H,3H2,1-2H3. The maximum absolute atomic E-state index is 13.3. The molecule has 0 fully saturated rings. The van der Waals surface area contributed by atoms with E-state index in [0.717, 1.165) is 12.0 Å². The fraction of sp³-hybridized carbons (Fsp3) is 0.214. The average Bonchev–Trinajstić information content (AvgIpc) is 2.86. The van der Waals surface area contributed by atoms with Gasteiger partial charge in [-0.25, -0.2) is 4.39 Å². The quantitative estimate of drug-likeness (QED) is 0.787. The molecule has 0 radical (unpaired) electrons. The molecular weight excluding hydrogens is 251 g/mol. The summed E-state index contributed by atoms with van der Waals surface area (Å²) in [4.78, 5) is 13.0. The Kier molecular flexibility index (Phi) is 3.77. The zero-order valence-corrected chi connectivity index (χ0v) is 11.0. The molecule has 0 N–H and O–H groups in total. The molecule has 18 heavy (non-hydrogen) atoms. The van der Waals surface area contributed by atoms with Crippen molar-refractivity contribution in [2.75, 3.05) is 7.11 Å². The molecule has 0 aliphatic rings. The molecule has 0 saturated carbocycles. The fourth-order valence-electron chi connectivity index (χ4n) is 1.79. The lowest BCUT2D eigenvalue weighted by molar-refractivity contribution is 0.103. The number of thiophene rings is 1.